The van der Waals surface area contributed by atoms with Crippen molar-refractivity contribution in [2.45, 2.75) is 101 Å². The predicted molar refractivity (Wildman–Crippen MR) is 123 cm³/mol. The summed E-state index contributed by atoms with van der Waals surface area (Å²) in [7, 11) is 0. The van der Waals surface area contributed by atoms with Crippen LogP contribution in [0.2, 0.25) is 0 Å². The molecule has 2 saturated heterocycles. The maximum atomic E-state index is 13.3. The van der Waals surface area contributed by atoms with Gasteiger partial charge in [-0.2, -0.15) is 0 Å². The third-order valence-electron chi connectivity index (χ3n) is 9.04. The number of piperidine rings is 2. The van der Waals surface area contributed by atoms with Gasteiger partial charge < -0.3 is 9.67 Å². The Bertz CT molecular complexity index is 1090. The van der Waals surface area contributed by atoms with Crippen LogP contribution in [0.3, 0.4) is 0 Å². The van der Waals surface area contributed by atoms with E-state index in [1.807, 2.05) is 24.3 Å². The summed E-state index contributed by atoms with van der Waals surface area (Å²) in [5.41, 5.74) is 0.948. The fourth-order valence-corrected chi connectivity index (χ4v) is 8.01. The lowest BCUT2D eigenvalue weighted by Gasteiger charge is -2.61. The number of fused-ring (bicyclic) bond motifs is 6. The summed E-state index contributed by atoms with van der Waals surface area (Å²) in [5.74, 6) is -0.331. The average molecular weight is 436 g/mol. The van der Waals surface area contributed by atoms with Gasteiger partial charge in [0.25, 0.3) is 5.56 Å². The van der Waals surface area contributed by atoms with Gasteiger partial charge in [0.1, 0.15) is 0 Å². The Morgan fingerprint density at radius 3 is 2.34 bits per heavy atom. The van der Waals surface area contributed by atoms with Gasteiger partial charge in [0.2, 0.25) is 5.69 Å². The molecular formula is C26H33N3O3. The van der Waals surface area contributed by atoms with Crippen LogP contribution in [-0.4, -0.2) is 43.1 Å². The molecule has 0 spiro atoms. The molecular weight excluding hydrogens is 402 g/mol. The molecule has 2 aliphatic heterocycles. The quantitative estimate of drug-likeness (QED) is 0.752. The highest BCUT2D eigenvalue weighted by atomic mass is 16.4. The zero-order chi connectivity index (χ0) is 21.9. The number of benzene rings is 1. The molecule has 0 radical (unpaired) electrons. The minimum absolute atomic E-state index is 0.0411. The summed E-state index contributed by atoms with van der Waals surface area (Å²) in [5, 5.41) is 9.63. The van der Waals surface area contributed by atoms with Gasteiger partial charge in [-0.25, -0.2) is 9.78 Å². The summed E-state index contributed by atoms with van der Waals surface area (Å²) < 4.78 is 1.79. The van der Waals surface area contributed by atoms with Crippen LogP contribution < -0.4 is 5.56 Å². The molecule has 1 aromatic carbocycles. The number of carbonyl (C=O) groups is 1. The number of nitrogens with zero attached hydrogens (tertiary/aromatic N) is 3. The third kappa shape index (κ3) is 3.13. The van der Waals surface area contributed by atoms with Crippen LogP contribution in [0, 0.1) is 5.92 Å². The highest BCUT2D eigenvalue weighted by Gasteiger charge is 2.52. The van der Waals surface area contributed by atoms with Crippen LogP contribution in [0.15, 0.2) is 29.1 Å². The number of carboxylic acids is 1. The molecule has 2 aliphatic carbocycles. The maximum Gasteiger partial charge on any atom is 0.360 e. The Kier molecular flexibility index (Phi) is 4.90. The van der Waals surface area contributed by atoms with Crippen LogP contribution >= 0.6 is 0 Å². The molecule has 2 aromatic rings. The van der Waals surface area contributed by atoms with E-state index in [2.05, 4.69) is 9.88 Å². The van der Waals surface area contributed by atoms with Gasteiger partial charge >= 0.3 is 5.97 Å². The Labute approximate surface area is 188 Å². The van der Waals surface area contributed by atoms with Crippen molar-refractivity contribution in [2.24, 2.45) is 5.92 Å². The van der Waals surface area contributed by atoms with Crippen LogP contribution in [0.5, 0.6) is 0 Å². The molecule has 6 nitrogen and oxygen atoms in total. The Morgan fingerprint density at radius 1 is 0.969 bits per heavy atom. The van der Waals surface area contributed by atoms with Crippen molar-refractivity contribution < 1.29 is 9.90 Å². The Hall–Kier alpha value is -2.21. The molecule has 0 amide bonds. The van der Waals surface area contributed by atoms with E-state index in [-0.39, 0.29) is 11.7 Å². The van der Waals surface area contributed by atoms with Crippen LogP contribution in [0.4, 0.5) is 0 Å². The smallest absolute Gasteiger partial charge is 0.360 e. The van der Waals surface area contributed by atoms with Crippen molar-refractivity contribution in [3.63, 3.8) is 0 Å². The van der Waals surface area contributed by atoms with Crippen molar-refractivity contribution in [1.82, 2.24) is 14.5 Å². The van der Waals surface area contributed by atoms with E-state index in [0.717, 1.165) is 24.3 Å². The van der Waals surface area contributed by atoms with E-state index in [9.17, 15) is 14.7 Å². The molecule has 1 aromatic heterocycles. The molecule has 4 bridgehead atoms. The van der Waals surface area contributed by atoms with E-state index in [4.69, 9.17) is 0 Å². The molecule has 4 aliphatic rings. The zero-order valence-corrected chi connectivity index (χ0v) is 18.7. The summed E-state index contributed by atoms with van der Waals surface area (Å²) in [6, 6.07) is 8.54. The van der Waals surface area contributed by atoms with E-state index in [1.165, 1.54) is 64.2 Å². The lowest BCUT2D eigenvalue weighted by molar-refractivity contribution is -0.106. The fraction of sp³-hybridized carbons (Fsp3) is 0.654. The minimum Gasteiger partial charge on any atom is -0.476 e. The number of hydrogen-bond acceptors (Lipinski definition) is 4. The van der Waals surface area contributed by atoms with Gasteiger partial charge in [-0.05, 0) is 63.0 Å². The highest BCUT2D eigenvalue weighted by molar-refractivity contribution is 5.88. The van der Waals surface area contributed by atoms with Crippen molar-refractivity contribution in [1.29, 1.82) is 0 Å². The summed E-state index contributed by atoms with van der Waals surface area (Å²) in [6.45, 7) is 0. The lowest BCUT2D eigenvalue weighted by Crippen LogP contribution is -2.65. The molecule has 3 atom stereocenters. The summed E-state index contributed by atoms with van der Waals surface area (Å²) >= 11 is 0. The van der Waals surface area contributed by atoms with Crippen LogP contribution in [0.1, 0.15) is 93.6 Å². The van der Waals surface area contributed by atoms with Crippen LogP contribution in [-0.2, 0) is 0 Å². The summed E-state index contributed by atoms with van der Waals surface area (Å²) in [6.07, 6.45) is 15.1. The fourth-order valence-electron chi connectivity index (χ4n) is 8.01. The molecule has 4 fully saturated rings. The molecule has 1 unspecified atom stereocenters. The minimum atomic E-state index is -1.23. The normalized spacial score (nSPS) is 35.0. The molecule has 170 valence electrons. The van der Waals surface area contributed by atoms with Gasteiger partial charge in [0, 0.05) is 23.7 Å². The van der Waals surface area contributed by atoms with E-state index in [0.29, 0.717) is 23.1 Å². The van der Waals surface area contributed by atoms with Gasteiger partial charge in [-0.15, -0.1) is 0 Å². The highest BCUT2D eigenvalue weighted by Crippen LogP contribution is 2.52. The largest absolute Gasteiger partial charge is 0.476 e. The molecule has 2 saturated carbocycles. The number of rotatable bonds is 3. The first-order valence-electron chi connectivity index (χ1n) is 12.6. The average Bonchev–Trinajstić information content (AvgIpc) is 2.78. The van der Waals surface area contributed by atoms with E-state index >= 15 is 0 Å². The first kappa shape index (κ1) is 20.4. The summed E-state index contributed by atoms with van der Waals surface area (Å²) in [4.78, 5) is 32.2. The van der Waals surface area contributed by atoms with Crippen molar-refractivity contribution >= 4 is 17.0 Å². The van der Waals surface area contributed by atoms with Gasteiger partial charge in [-0.1, -0.05) is 44.2 Å². The van der Waals surface area contributed by atoms with Crippen molar-refractivity contribution in [3.05, 3.63) is 40.3 Å². The zero-order valence-electron chi connectivity index (χ0n) is 18.7. The molecule has 32 heavy (non-hydrogen) atoms. The first-order chi connectivity index (χ1) is 15.6. The second kappa shape index (κ2) is 7.68. The van der Waals surface area contributed by atoms with Gasteiger partial charge in [-0.3, -0.25) is 9.69 Å². The number of aromatic carboxylic acids is 1. The Morgan fingerprint density at radius 2 is 1.66 bits per heavy atom. The number of carboxylic acid groups (broad SMARTS) is 1. The lowest BCUT2D eigenvalue weighted by atomic mass is 9.63. The number of aromatic nitrogens is 2. The Balaban J connectivity index is 1.40. The molecule has 3 heterocycles. The number of hydrogen-bond donors (Lipinski definition) is 1. The van der Waals surface area contributed by atoms with E-state index < -0.39 is 11.5 Å². The van der Waals surface area contributed by atoms with Gasteiger partial charge in [0.05, 0.1) is 11.0 Å². The monoisotopic (exact) mass is 435 g/mol. The topological polar surface area (TPSA) is 75.4 Å². The second-order valence-electron chi connectivity index (χ2n) is 10.8. The molecule has 1 N–H and O–H groups in total. The molecule has 6 rings (SSSR count). The predicted octanol–water partition coefficient (Wildman–Crippen LogP) is 4.77. The van der Waals surface area contributed by atoms with Crippen LogP contribution in [0.25, 0.3) is 11.0 Å². The standard InChI is InChI=1S/C26H33N3O3/c30-24-23(25(31)32)27-21-10-1-2-11-22(21)28(24)20-14-18-8-3-9-19(15-20)29(18)26-12-4-6-17(16-26)7-5-13-26/h1-2,10-11,17-20H,3-9,12-16H2,(H,31,32)/t17?,18-,19+,20?,26?. The number of para-hydroxylation sites is 2. The van der Waals surface area contributed by atoms with E-state index in [1.54, 1.807) is 4.57 Å². The third-order valence-corrected chi connectivity index (χ3v) is 9.04. The van der Waals surface area contributed by atoms with Crippen molar-refractivity contribution in [3.8, 4) is 0 Å². The maximum absolute atomic E-state index is 13.3. The molecule has 6 heteroatoms. The van der Waals surface area contributed by atoms with Crippen molar-refractivity contribution in [2.75, 3.05) is 0 Å². The second-order valence-corrected chi connectivity index (χ2v) is 10.8. The first-order valence-corrected chi connectivity index (χ1v) is 12.6. The SMILES string of the molecule is O=C(O)c1nc2ccccc2n(C2C[C@H]3CCC[C@@H](C2)N3C23CCCC(CCC2)C3)c1=O. The van der Waals surface area contributed by atoms with Gasteiger partial charge in [0.15, 0.2) is 0 Å².